The highest BCUT2D eigenvalue weighted by atomic mass is 16.2. The number of nitrogens with one attached hydrogen (secondary N) is 1. The van der Waals surface area contributed by atoms with E-state index in [1.165, 1.54) is 0 Å². The highest BCUT2D eigenvalue weighted by molar-refractivity contribution is 6.05. The number of amides is 2. The molecular formula is C24H24N2O2. The van der Waals surface area contributed by atoms with E-state index in [0.717, 1.165) is 29.2 Å². The van der Waals surface area contributed by atoms with Crippen molar-refractivity contribution in [3.8, 4) is 0 Å². The van der Waals surface area contributed by atoms with Crippen molar-refractivity contribution in [3.63, 3.8) is 0 Å². The molecule has 0 heterocycles. The smallest absolute Gasteiger partial charge is 0.253 e. The van der Waals surface area contributed by atoms with Crippen LogP contribution >= 0.6 is 0 Å². The van der Waals surface area contributed by atoms with E-state index < -0.39 is 0 Å². The molecule has 1 N–H and O–H groups in total. The largest absolute Gasteiger partial charge is 0.345 e. The summed E-state index contributed by atoms with van der Waals surface area (Å²) in [4.78, 5) is 27.1. The van der Waals surface area contributed by atoms with Gasteiger partial charge in [-0.1, -0.05) is 54.6 Å². The minimum Gasteiger partial charge on any atom is -0.345 e. The lowest BCUT2D eigenvalue weighted by Gasteiger charge is -2.22. The molecule has 4 nitrogen and oxygen atoms in total. The lowest BCUT2D eigenvalue weighted by molar-refractivity contribution is -0.119. The number of nitrogens with zero attached hydrogens (tertiary/aromatic N) is 1. The average Bonchev–Trinajstić information content (AvgIpc) is 3.57. The first kappa shape index (κ1) is 18.2. The Bertz CT molecular complexity index is 1030. The Morgan fingerprint density at radius 3 is 2.43 bits per heavy atom. The maximum Gasteiger partial charge on any atom is 0.253 e. The molecule has 0 unspecified atom stereocenters. The molecule has 1 saturated carbocycles. The summed E-state index contributed by atoms with van der Waals surface area (Å²) in [6, 6.07) is 21.4. The van der Waals surface area contributed by atoms with Gasteiger partial charge in [-0.2, -0.15) is 0 Å². The first-order valence-corrected chi connectivity index (χ1v) is 9.71. The third-order valence-electron chi connectivity index (χ3n) is 5.40. The van der Waals surface area contributed by atoms with Crippen LogP contribution in [0.4, 0.5) is 5.69 Å². The Labute approximate surface area is 165 Å². The number of para-hydroxylation sites is 1. The Hall–Kier alpha value is -3.14. The van der Waals surface area contributed by atoms with Crippen LogP contribution in [0.25, 0.3) is 10.8 Å². The third-order valence-corrected chi connectivity index (χ3v) is 5.40. The molecule has 0 aromatic heterocycles. The normalized spacial score (nSPS) is 14.5. The lowest BCUT2D eigenvalue weighted by atomic mass is 9.99. The quantitative estimate of drug-likeness (QED) is 0.705. The Balaban J connectivity index is 1.59. The fourth-order valence-electron chi connectivity index (χ4n) is 3.66. The second-order valence-electron chi connectivity index (χ2n) is 7.45. The first-order chi connectivity index (χ1) is 13.6. The van der Waals surface area contributed by atoms with Gasteiger partial charge in [0.1, 0.15) is 0 Å². The highest BCUT2D eigenvalue weighted by Gasteiger charge is 2.33. The van der Waals surface area contributed by atoms with Gasteiger partial charge in [-0.05, 0) is 48.2 Å². The van der Waals surface area contributed by atoms with Crippen molar-refractivity contribution in [2.45, 2.75) is 25.8 Å². The van der Waals surface area contributed by atoms with Crippen LogP contribution in [0, 0.1) is 5.92 Å². The second-order valence-corrected chi connectivity index (χ2v) is 7.45. The number of carbonyl (C=O) groups is 2. The molecule has 1 aliphatic rings. The van der Waals surface area contributed by atoms with Gasteiger partial charge >= 0.3 is 0 Å². The fraction of sp³-hybridized carbons (Fsp3) is 0.250. The SMILES string of the molecule is C[C@H](NC(=O)c1ccccc1N(C)C(=O)C1CC1)c1cccc2ccccc12. The van der Waals surface area contributed by atoms with Crippen molar-refractivity contribution in [2.24, 2.45) is 5.92 Å². The van der Waals surface area contributed by atoms with Crippen LogP contribution < -0.4 is 10.2 Å². The summed E-state index contributed by atoms with van der Waals surface area (Å²) in [7, 11) is 1.75. The number of hydrogen-bond acceptors (Lipinski definition) is 2. The minimum atomic E-state index is -0.175. The fourth-order valence-corrected chi connectivity index (χ4v) is 3.66. The molecular weight excluding hydrogens is 348 g/mol. The molecule has 2 amide bonds. The van der Waals surface area contributed by atoms with Crippen molar-refractivity contribution in [3.05, 3.63) is 77.9 Å². The minimum absolute atomic E-state index is 0.0855. The van der Waals surface area contributed by atoms with Crippen molar-refractivity contribution < 1.29 is 9.59 Å². The lowest BCUT2D eigenvalue weighted by Crippen LogP contribution is -2.32. The van der Waals surface area contributed by atoms with Gasteiger partial charge in [-0.25, -0.2) is 0 Å². The number of benzene rings is 3. The summed E-state index contributed by atoms with van der Waals surface area (Å²) in [5.41, 5.74) is 2.25. The molecule has 1 atom stereocenters. The van der Waals surface area contributed by atoms with Crippen LogP contribution in [0.3, 0.4) is 0 Å². The molecule has 3 aromatic carbocycles. The van der Waals surface area contributed by atoms with Crippen LogP contribution in [-0.4, -0.2) is 18.9 Å². The standard InChI is InChI=1S/C24H24N2O2/c1-16(19-12-7-9-17-8-3-4-10-20(17)19)25-23(27)21-11-5-6-13-22(21)26(2)24(28)18-14-15-18/h3-13,16,18H,14-15H2,1-2H3,(H,25,27)/t16-/m0/s1. The van der Waals surface area contributed by atoms with E-state index in [-0.39, 0.29) is 23.8 Å². The van der Waals surface area contributed by atoms with Gasteiger partial charge in [0.2, 0.25) is 5.91 Å². The Morgan fingerprint density at radius 1 is 0.964 bits per heavy atom. The summed E-state index contributed by atoms with van der Waals surface area (Å²) in [6.07, 6.45) is 1.88. The summed E-state index contributed by atoms with van der Waals surface area (Å²) in [5.74, 6) is 0.0181. The predicted molar refractivity (Wildman–Crippen MR) is 112 cm³/mol. The van der Waals surface area contributed by atoms with Crippen molar-refractivity contribution >= 4 is 28.3 Å². The first-order valence-electron chi connectivity index (χ1n) is 9.71. The van der Waals surface area contributed by atoms with Crippen LogP contribution in [0.15, 0.2) is 66.7 Å². The molecule has 0 spiro atoms. The summed E-state index contributed by atoms with van der Waals surface area (Å²) in [5, 5.41) is 5.39. The maximum atomic E-state index is 13.0. The molecule has 4 rings (SSSR count). The van der Waals surface area contributed by atoms with Crippen molar-refractivity contribution in [2.75, 3.05) is 11.9 Å². The van der Waals surface area contributed by atoms with Gasteiger partial charge in [0.05, 0.1) is 17.3 Å². The molecule has 0 saturated heterocycles. The summed E-state index contributed by atoms with van der Waals surface area (Å²) < 4.78 is 0. The molecule has 3 aromatic rings. The highest BCUT2D eigenvalue weighted by Crippen LogP contribution is 2.33. The molecule has 4 heteroatoms. The van der Waals surface area contributed by atoms with E-state index in [1.54, 1.807) is 18.0 Å². The topological polar surface area (TPSA) is 49.4 Å². The summed E-state index contributed by atoms with van der Waals surface area (Å²) in [6.45, 7) is 1.99. The Kier molecular flexibility index (Phi) is 4.86. The molecule has 28 heavy (non-hydrogen) atoms. The van der Waals surface area contributed by atoms with Crippen LogP contribution in [-0.2, 0) is 4.79 Å². The zero-order chi connectivity index (χ0) is 19.7. The Morgan fingerprint density at radius 2 is 1.64 bits per heavy atom. The number of carbonyl (C=O) groups excluding carboxylic acids is 2. The molecule has 0 bridgehead atoms. The van der Waals surface area contributed by atoms with E-state index in [0.29, 0.717) is 11.3 Å². The van der Waals surface area contributed by atoms with Crippen molar-refractivity contribution in [1.29, 1.82) is 0 Å². The maximum absolute atomic E-state index is 13.0. The average molecular weight is 372 g/mol. The zero-order valence-electron chi connectivity index (χ0n) is 16.2. The summed E-state index contributed by atoms with van der Waals surface area (Å²) >= 11 is 0. The molecule has 0 aliphatic heterocycles. The molecule has 142 valence electrons. The van der Waals surface area contributed by atoms with Gasteiger partial charge in [-0.15, -0.1) is 0 Å². The van der Waals surface area contributed by atoms with Gasteiger partial charge in [0.15, 0.2) is 0 Å². The predicted octanol–water partition coefficient (Wildman–Crippen LogP) is 4.70. The molecule has 1 fully saturated rings. The third kappa shape index (κ3) is 3.50. The number of rotatable bonds is 5. The molecule has 1 aliphatic carbocycles. The van der Waals surface area contributed by atoms with E-state index in [4.69, 9.17) is 0 Å². The van der Waals surface area contributed by atoms with Crippen molar-refractivity contribution in [1.82, 2.24) is 5.32 Å². The van der Waals surface area contributed by atoms with E-state index in [1.807, 2.05) is 49.4 Å². The zero-order valence-corrected chi connectivity index (χ0v) is 16.2. The number of anilines is 1. The number of hydrogen-bond donors (Lipinski definition) is 1. The van der Waals surface area contributed by atoms with Gasteiger partial charge < -0.3 is 10.2 Å². The van der Waals surface area contributed by atoms with Crippen LogP contribution in [0.2, 0.25) is 0 Å². The van der Waals surface area contributed by atoms with E-state index in [2.05, 4.69) is 23.5 Å². The van der Waals surface area contributed by atoms with Gasteiger partial charge in [0.25, 0.3) is 5.91 Å². The van der Waals surface area contributed by atoms with E-state index >= 15 is 0 Å². The number of fused-ring (bicyclic) bond motifs is 1. The monoisotopic (exact) mass is 372 g/mol. The van der Waals surface area contributed by atoms with Crippen LogP contribution in [0.1, 0.15) is 41.7 Å². The van der Waals surface area contributed by atoms with Gasteiger partial charge in [-0.3, -0.25) is 9.59 Å². The van der Waals surface area contributed by atoms with E-state index in [9.17, 15) is 9.59 Å². The van der Waals surface area contributed by atoms with Crippen LogP contribution in [0.5, 0.6) is 0 Å². The second kappa shape index (κ2) is 7.47. The van der Waals surface area contributed by atoms with Gasteiger partial charge in [0, 0.05) is 13.0 Å². The molecule has 0 radical (unpaired) electrons.